The molecule has 0 aliphatic rings. The molecule has 0 unspecified atom stereocenters. The third-order valence-corrected chi connectivity index (χ3v) is 3.18. The van der Waals surface area contributed by atoms with Crippen molar-refractivity contribution in [2.24, 2.45) is 5.41 Å². The molecule has 1 aromatic carbocycles. The van der Waals surface area contributed by atoms with E-state index < -0.39 is 5.41 Å². The minimum absolute atomic E-state index is 0.0135. The zero-order chi connectivity index (χ0) is 16.4. The summed E-state index contributed by atoms with van der Waals surface area (Å²) in [6.45, 7) is 9.71. The number of hydrogen-bond acceptors (Lipinski definition) is 5. The van der Waals surface area contributed by atoms with Gasteiger partial charge in [-0.3, -0.25) is 4.79 Å². The van der Waals surface area contributed by atoms with Crippen molar-refractivity contribution < 1.29 is 23.7 Å². The topological polar surface area (TPSA) is 54.0 Å². The highest BCUT2D eigenvalue weighted by Crippen LogP contribution is 2.21. The molecule has 122 valence electrons. The maximum absolute atomic E-state index is 11.7. The molecule has 0 aromatic heterocycles. The molecule has 0 spiro atoms. The van der Waals surface area contributed by atoms with Crippen LogP contribution in [0.15, 0.2) is 42.9 Å². The molecule has 5 heteroatoms. The van der Waals surface area contributed by atoms with E-state index in [0.717, 1.165) is 6.42 Å². The predicted octanol–water partition coefficient (Wildman–Crippen LogP) is 3.51. The van der Waals surface area contributed by atoms with Gasteiger partial charge >= 0.3 is 5.97 Å². The SMILES string of the molecule is C=C(OCOCCOC(=O)C(C)(C)CC)Oc1ccccc1. The van der Waals surface area contributed by atoms with E-state index >= 15 is 0 Å². The van der Waals surface area contributed by atoms with Gasteiger partial charge in [0, 0.05) is 0 Å². The van der Waals surface area contributed by atoms with Crippen LogP contribution < -0.4 is 4.74 Å². The largest absolute Gasteiger partial charge is 0.463 e. The molecule has 22 heavy (non-hydrogen) atoms. The molecule has 0 heterocycles. The molecule has 0 saturated carbocycles. The standard InChI is InChI=1S/C17H24O5/c1-5-17(3,4)16(18)20-12-11-19-13-21-14(2)22-15-9-7-6-8-10-15/h6-10H,2,5,11-13H2,1,3-4H3. The Balaban J connectivity index is 2.08. The first-order valence-electron chi connectivity index (χ1n) is 7.25. The molecular weight excluding hydrogens is 284 g/mol. The van der Waals surface area contributed by atoms with Crippen molar-refractivity contribution >= 4 is 5.97 Å². The van der Waals surface area contributed by atoms with Gasteiger partial charge in [-0.2, -0.15) is 0 Å². The van der Waals surface area contributed by atoms with Crippen LogP contribution in [0.25, 0.3) is 0 Å². The Hall–Kier alpha value is -2.01. The van der Waals surface area contributed by atoms with Crippen molar-refractivity contribution in [3.63, 3.8) is 0 Å². The van der Waals surface area contributed by atoms with Crippen LogP contribution in [0.2, 0.25) is 0 Å². The summed E-state index contributed by atoms with van der Waals surface area (Å²) in [6.07, 6.45) is 0.729. The highest BCUT2D eigenvalue weighted by atomic mass is 16.7. The van der Waals surface area contributed by atoms with Crippen molar-refractivity contribution in [1.82, 2.24) is 0 Å². The minimum Gasteiger partial charge on any atom is -0.463 e. The van der Waals surface area contributed by atoms with Gasteiger partial charge in [0.25, 0.3) is 5.95 Å². The van der Waals surface area contributed by atoms with Gasteiger partial charge in [0.1, 0.15) is 12.4 Å². The molecule has 0 aliphatic carbocycles. The Bertz CT molecular complexity index is 467. The number of hydrogen-bond donors (Lipinski definition) is 0. The van der Waals surface area contributed by atoms with Crippen LogP contribution in [0.5, 0.6) is 5.75 Å². The van der Waals surface area contributed by atoms with Crippen molar-refractivity contribution in [3.05, 3.63) is 42.9 Å². The normalized spacial score (nSPS) is 10.9. The van der Waals surface area contributed by atoms with Gasteiger partial charge in [0.05, 0.1) is 12.0 Å². The smallest absolute Gasteiger partial charge is 0.311 e. The fourth-order valence-corrected chi connectivity index (χ4v) is 1.35. The number of carbonyl (C=O) groups excluding carboxylic acids is 1. The van der Waals surface area contributed by atoms with E-state index in [1.807, 2.05) is 39.0 Å². The molecule has 0 fully saturated rings. The molecule has 5 nitrogen and oxygen atoms in total. The van der Waals surface area contributed by atoms with Crippen LogP contribution in [-0.2, 0) is 19.0 Å². The van der Waals surface area contributed by atoms with Gasteiger partial charge in [0.15, 0.2) is 6.79 Å². The Morgan fingerprint density at radius 3 is 2.45 bits per heavy atom. The average molecular weight is 308 g/mol. The van der Waals surface area contributed by atoms with Crippen LogP contribution in [0.4, 0.5) is 0 Å². The van der Waals surface area contributed by atoms with Crippen molar-refractivity contribution in [2.75, 3.05) is 20.0 Å². The molecular formula is C17H24O5. The van der Waals surface area contributed by atoms with Gasteiger partial charge in [-0.05, 0) is 39.0 Å². The summed E-state index contributed by atoms with van der Waals surface area (Å²) in [6, 6.07) is 9.19. The summed E-state index contributed by atoms with van der Waals surface area (Å²) >= 11 is 0. The first-order valence-corrected chi connectivity index (χ1v) is 7.25. The second-order valence-electron chi connectivity index (χ2n) is 5.33. The van der Waals surface area contributed by atoms with E-state index in [1.54, 1.807) is 12.1 Å². The highest BCUT2D eigenvalue weighted by molar-refractivity contribution is 5.75. The number of esters is 1. The second-order valence-corrected chi connectivity index (χ2v) is 5.33. The van der Waals surface area contributed by atoms with Gasteiger partial charge in [-0.1, -0.05) is 25.1 Å². The highest BCUT2D eigenvalue weighted by Gasteiger charge is 2.26. The number of carbonyl (C=O) groups is 1. The van der Waals surface area contributed by atoms with Crippen LogP contribution in [0.1, 0.15) is 27.2 Å². The fraction of sp³-hybridized carbons (Fsp3) is 0.471. The summed E-state index contributed by atoms with van der Waals surface area (Å²) in [5.74, 6) is 0.565. The number of para-hydroxylation sites is 1. The third-order valence-electron chi connectivity index (χ3n) is 3.18. The van der Waals surface area contributed by atoms with Crippen LogP contribution >= 0.6 is 0 Å². The van der Waals surface area contributed by atoms with Crippen LogP contribution in [0.3, 0.4) is 0 Å². The Morgan fingerprint density at radius 2 is 1.82 bits per heavy atom. The lowest BCUT2D eigenvalue weighted by Crippen LogP contribution is -2.27. The molecule has 1 aromatic rings. The van der Waals surface area contributed by atoms with Gasteiger partial charge < -0.3 is 18.9 Å². The number of benzene rings is 1. The van der Waals surface area contributed by atoms with Crippen molar-refractivity contribution in [3.8, 4) is 5.75 Å². The van der Waals surface area contributed by atoms with E-state index in [-0.39, 0.29) is 31.9 Å². The van der Waals surface area contributed by atoms with E-state index in [0.29, 0.717) is 5.75 Å². The van der Waals surface area contributed by atoms with Gasteiger partial charge in [-0.25, -0.2) is 0 Å². The molecule has 1 rings (SSSR count). The lowest BCUT2D eigenvalue weighted by Gasteiger charge is -2.20. The quantitative estimate of drug-likeness (QED) is 0.286. The summed E-state index contributed by atoms with van der Waals surface area (Å²) in [5.41, 5.74) is -0.464. The zero-order valence-corrected chi connectivity index (χ0v) is 13.5. The Kier molecular flexibility index (Phi) is 7.46. The summed E-state index contributed by atoms with van der Waals surface area (Å²) < 4.78 is 20.8. The second kappa shape index (κ2) is 9.10. The molecule has 0 amide bonds. The van der Waals surface area contributed by atoms with E-state index in [9.17, 15) is 4.79 Å². The van der Waals surface area contributed by atoms with Crippen molar-refractivity contribution in [1.29, 1.82) is 0 Å². The molecule has 0 atom stereocenters. The first-order chi connectivity index (χ1) is 10.5. The Labute approximate surface area is 131 Å². The molecule has 0 aliphatic heterocycles. The molecule has 0 N–H and O–H groups in total. The average Bonchev–Trinajstić information content (AvgIpc) is 2.51. The van der Waals surface area contributed by atoms with Crippen molar-refractivity contribution in [2.45, 2.75) is 27.2 Å². The van der Waals surface area contributed by atoms with Crippen LogP contribution in [-0.4, -0.2) is 26.0 Å². The number of rotatable bonds is 10. The first kappa shape index (κ1) is 18.0. The van der Waals surface area contributed by atoms with E-state index in [1.165, 1.54) is 0 Å². The predicted molar refractivity (Wildman–Crippen MR) is 83.1 cm³/mol. The van der Waals surface area contributed by atoms with E-state index in [2.05, 4.69) is 6.58 Å². The van der Waals surface area contributed by atoms with Gasteiger partial charge in [-0.15, -0.1) is 0 Å². The summed E-state index contributed by atoms with van der Waals surface area (Å²) in [5, 5.41) is 0. The summed E-state index contributed by atoms with van der Waals surface area (Å²) in [4.78, 5) is 11.7. The lowest BCUT2D eigenvalue weighted by molar-refractivity contribution is -0.157. The third kappa shape index (κ3) is 6.63. The van der Waals surface area contributed by atoms with Gasteiger partial charge in [0.2, 0.25) is 0 Å². The molecule has 0 bridgehead atoms. The summed E-state index contributed by atoms with van der Waals surface area (Å²) in [7, 11) is 0. The zero-order valence-electron chi connectivity index (χ0n) is 13.5. The molecule has 0 saturated heterocycles. The maximum Gasteiger partial charge on any atom is 0.311 e. The van der Waals surface area contributed by atoms with E-state index in [4.69, 9.17) is 18.9 Å². The Morgan fingerprint density at radius 1 is 1.14 bits per heavy atom. The molecule has 0 radical (unpaired) electrons. The lowest BCUT2D eigenvalue weighted by atomic mass is 9.91. The van der Waals surface area contributed by atoms with Crippen LogP contribution in [0, 0.1) is 5.41 Å². The minimum atomic E-state index is -0.464. The maximum atomic E-state index is 11.7. The monoisotopic (exact) mass is 308 g/mol. The fourth-order valence-electron chi connectivity index (χ4n) is 1.35. The number of ether oxygens (including phenoxy) is 4.